The highest BCUT2D eigenvalue weighted by Gasteiger charge is 2.06. The first-order valence-electron chi connectivity index (χ1n) is 3.77. The lowest BCUT2D eigenvalue weighted by molar-refractivity contribution is 0.504. The Labute approximate surface area is 70.4 Å². The topological polar surface area (TPSA) is 12.0 Å². The summed E-state index contributed by atoms with van der Waals surface area (Å²) in [6, 6.07) is 3.95. The molecule has 0 saturated carbocycles. The van der Waals surface area contributed by atoms with Gasteiger partial charge in [-0.25, -0.2) is 8.78 Å². The van der Waals surface area contributed by atoms with Gasteiger partial charge in [0.15, 0.2) is 11.6 Å². The molecule has 0 radical (unpaired) electrons. The first-order chi connectivity index (χ1) is 5.65. The van der Waals surface area contributed by atoms with Crippen LogP contribution in [0.2, 0.25) is 0 Å². The lowest BCUT2D eigenvalue weighted by Gasteiger charge is -2.09. The van der Waals surface area contributed by atoms with Crippen LogP contribution in [-0.4, -0.2) is 7.05 Å². The van der Waals surface area contributed by atoms with E-state index in [2.05, 4.69) is 5.32 Å². The van der Waals surface area contributed by atoms with Crippen molar-refractivity contribution in [1.29, 1.82) is 0 Å². The van der Waals surface area contributed by atoms with Gasteiger partial charge in [0.1, 0.15) is 0 Å². The van der Waals surface area contributed by atoms with E-state index in [1.165, 1.54) is 6.07 Å². The third-order valence-electron chi connectivity index (χ3n) is 1.88. The van der Waals surface area contributed by atoms with E-state index in [4.69, 9.17) is 0 Å². The predicted molar refractivity (Wildman–Crippen MR) is 43.8 cm³/mol. The molecule has 1 aromatic rings. The summed E-state index contributed by atoms with van der Waals surface area (Å²) in [5, 5.41) is 2.94. The smallest absolute Gasteiger partial charge is 0.159 e. The van der Waals surface area contributed by atoms with Gasteiger partial charge in [-0.1, -0.05) is 6.07 Å². The Morgan fingerprint density at radius 1 is 1.25 bits per heavy atom. The maximum atomic E-state index is 12.7. The van der Waals surface area contributed by atoms with Crippen LogP contribution in [0, 0.1) is 11.6 Å². The van der Waals surface area contributed by atoms with Gasteiger partial charge >= 0.3 is 0 Å². The normalized spacial score (nSPS) is 13.0. The molecule has 0 unspecified atom stereocenters. The van der Waals surface area contributed by atoms with Gasteiger partial charge in [0.2, 0.25) is 0 Å². The fourth-order valence-corrected chi connectivity index (χ4v) is 0.948. The molecule has 0 amide bonds. The minimum absolute atomic E-state index is 0.0418. The lowest BCUT2D eigenvalue weighted by atomic mass is 10.1. The monoisotopic (exact) mass is 171 g/mol. The van der Waals surface area contributed by atoms with E-state index in [0.717, 1.165) is 11.6 Å². The van der Waals surface area contributed by atoms with E-state index in [9.17, 15) is 8.78 Å². The Kier molecular flexibility index (Phi) is 2.76. The van der Waals surface area contributed by atoms with E-state index >= 15 is 0 Å². The largest absolute Gasteiger partial charge is 0.313 e. The minimum Gasteiger partial charge on any atom is -0.313 e. The average Bonchev–Trinajstić information content (AvgIpc) is 2.08. The van der Waals surface area contributed by atoms with Gasteiger partial charge in [-0.3, -0.25) is 0 Å². The zero-order valence-corrected chi connectivity index (χ0v) is 7.07. The SMILES string of the molecule is CN[C@H](C)c1ccc(F)c(F)c1. The average molecular weight is 171 g/mol. The fraction of sp³-hybridized carbons (Fsp3) is 0.333. The molecular formula is C9H11F2N. The molecule has 0 aliphatic rings. The van der Waals surface area contributed by atoms with E-state index in [0.29, 0.717) is 0 Å². The quantitative estimate of drug-likeness (QED) is 0.719. The molecule has 1 aromatic carbocycles. The third kappa shape index (κ3) is 1.80. The molecule has 12 heavy (non-hydrogen) atoms. The first-order valence-corrected chi connectivity index (χ1v) is 3.77. The van der Waals surface area contributed by atoms with Gasteiger partial charge in [0, 0.05) is 6.04 Å². The van der Waals surface area contributed by atoms with Crippen LogP contribution < -0.4 is 5.32 Å². The van der Waals surface area contributed by atoms with Crippen molar-refractivity contribution in [2.24, 2.45) is 0 Å². The second-order valence-corrected chi connectivity index (χ2v) is 2.68. The van der Waals surface area contributed by atoms with Gasteiger partial charge in [-0.05, 0) is 31.7 Å². The molecule has 1 atom stereocenters. The van der Waals surface area contributed by atoms with E-state index in [1.807, 2.05) is 6.92 Å². The van der Waals surface area contributed by atoms with Gasteiger partial charge in [0.25, 0.3) is 0 Å². The van der Waals surface area contributed by atoms with Crippen LogP contribution in [0.1, 0.15) is 18.5 Å². The van der Waals surface area contributed by atoms with Crippen molar-refractivity contribution in [3.05, 3.63) is 35.4 Å². The number of nitrogens with one attached hydrogen (secondary N) is 1. The van der Waals surface area contributed by atoms with Crippen LogP contribution in [0.25, 0.3) is 0 Å². The number of hydrogen-bond donors (Lipinski definition) is 1. The molecule has 0 aliphatic heterocycles. The van der Waals surface area contributed by atoms with Crippen LogP contribution in [-0.2, 0) is 0 Å². The molecule has 1 rings (SSSR count). The molecule has 0 bridgehead atoms. The Hall–Kier alpha value is -0.960. The Morgan fingerprint density at radius 3 is 2.42 bits per heavy atom. The number of hydrogen-bond acceptors (Lipinski definition) is 1. The number of benzene rings is 1. The summed E-state index contributed by atoms with van der Waals surface area (Å²) in [6.07, 6.45) is 0. The van der Waals surface area contributed by atoms with Crippen molar-refractivity contribution in [3.63, 3.8) is 0 Å². The second-order valence-electron chi connectivity index (χ2n) is 2.68. The summed E-state index contributed by atoms with van der Waals surface area (Å²) < 4.78 is 25.1. The van der Waals surface area contributed by atoms with Gasteiger partial charge in [-0.15, -0.1) is 0 Å². The van der Waals surface area contributed by atoms with Gasteiger partial charge < -0.3 is 5.32 Å². The molecule has 0 heterocycles. The molecular weight excluding hydrogens is 160 g/mol. The van der Waals surface area contributed by atoms with Crippen LogP contribution in [0.3, 0.4) is 0 Å². The van der Waals surface area contributed by atoms with Crippen LogP contribution in [0.15, 0.2) is 18.2 Å². The van der Waals surface area contributed by atoms with Crippen molar-refractivity contribution in [2.45, 2.75) is 13.0 Å². The summed E-state index contributed by atoms with van der Waals surface area (Å²) in [6.45, 7) is 1.88. The van der Waals surface area contributed by atoms with Crippen LogP contribution in [0.4, 0.5) is 8.78 Å². The molecule has 66 valence electrons. The zero-order valence-electron chi connectivity index (χ0n) is 7.07. The fourth-order valence-electron chi connectivity index (χ4n) is 0.948. The predicted octanol–water partition coefficient (Wildman–Crippen LogP) is 2.25. The lowest BCUT2D eigenvalue weighted by Crippen LogP contribution is -2.12. The molecule has 0 aliphatic carbocycles. The summed E-state index contributed by atoms with van der Waals surface area (Å²) in [4.78, 5) is 0. The molecule has 1 N–H and O–H groups in total. The highest BCUT2D eigenvalue weighted by atomic mass is 19.2. The summed E-state index contributed by atoms with van der Waals surface area (Å²) >= 11 is 0. The highest BCUT2D eigenvalue weighted by Crippen LogP contribution is 2.14. The number of rotatable bonds is 2. The number of halogens is 2. The molecule has 0 fully saturated rings. The standard InChI is InChI=1S/C9H11F2N/c1-6(12-2)7-3-4-8(10)9(11)5-7/h3-6,12H,1-2H3/t6-/m1/s1. The van der Waals surface area contributed by atoms with E-state index in [1.54, 1.807) is 13.1 Å². The third-order valence-corrected chi connectivity index (χ3v) is 1.88. The Balaban J connectivity index is 2.96. The Morgan fingerprint density at radius 2 is 1.92 bits per heavy atom. The maximum absolute atomic E-state index is 12.7. The molecule has 0 spiro atoms. The van der Waals surface area contributed by atoms with Crippen molar-refractivity contribution in [3.8, 4) is 0 Å². The maximum Gasteiger partial charge on any atom is 0.159 e. The van der Waals surface area contributed by atoms with Crippen LogP contribution in [0.5, 0.6) is 0 Å². The van der Waals surface area contributed by atoms with Crippen molar-refractivity contribution in [2.75, 3.05) is 7.05 Å². The Bertz CT molecular complexity index is 273. The van der Waals surface area contributed by atoms with E-state index in [-0.39, 0.29) is 6.04 Å². The van der Waals surface area contributed by atoms with E-state index < -0.39 is 11.6 Å². The van der Waals surface area contributed by atoms with Gasteiger partial charge in [0.05, 0.1) is 0 Å². The molecule has 3 heteroatoms. The van der Waals surface area contributed by atoms with Crippen molar-refractivity contribution in [1.82, 2.24) is 5.32 Å². The zero-order chi connectivity index (χ0) is 9.14. The summed E-state index contributed by atoms with van der Waals surface area (Å²) in [5.41, 5.74) is 0.747. The summed E-state index contributed by atoms with van der Waals surface area (Å²) in [5.74, 6) is -1.60. The van der Waals surface area contributed by atoms with Crippen molar-refractivity contribution < 1.29 is 8.78 Å². The minimum atomic E-state index is -0.804. The molecule has 0 saturated heterocycles. The van der Waals surface area contributed by atoms with Gasteiger partial charge in [-0.2, -0.15) is 0 Å². The first kappa shape index (κ1) is 9.13. The molecule has 0 aromatic heterocycles. The van der Waals surface area contributed by atoms with Crippen molar-refractivity contribution >= 4 is 0 Å². The summed E-state index contributed by atoms with van der Waals surface area (Å²) in [7, 11) is 1.77. The van der Waals surface area contributed by atoms with Crippen LogP contribution >= 0.6 is 0 Å². The highest BCUT2D eigenvalue weighted by molar-refractivity contribution is 5.20. The second kappa shape index (κ2) is 3.63. The molecule has 1 nitrogen and oxygen atoms in total.